The smallest absolute Gasteiger partial charge is 0.0816 e. The van der Waals surface area contributed by atoms with E-state index in [0.717, 1.165) is 11.4 Å². The topological polar surface area (TPSA) is 25.8 Å². The first kappa shape index (κ1) is 11.5. The van der Waals surface area contributed by atoms with Crippen LogP contribution in [0.3, 0.4) is 0 Å². The van der Waals surface area contributed by atoms with Crippen molar-refractivity contribution in [1.82, 2.24) is 9.97 Å². The third-order valence-electron chi connectivity index (χ3n) is 2.63. The second-order valence-corrected chi connectivity index (χ2v) is 4.28. The van der Waals surface area contributed by atoms with E-state index in [1.165, 1.54) is 16.7 Å². The van der Waals surface area contributed by atoms with Crippen molar-refractivity contribution in [2.45, 2.75) is 20.8 Å². The number of aromatic nitrogens is 2. The van der Waals surface area contributed by atoms with Crippen LogP contribution in [0.4, 0.5) is 0 Å². The van der Waals surface area contributed by atoms with Crippen LogP contribution in [0.1, 0.15) is 28.1 Å². The first-order valence-corrected chi connectivity index (χ1v) is 5.69. The SMILES string of the molecule is Cc1ccc(C=Cc2cncc(C)n2)c(C)c1. The third-order valence-corrected chi connectivity index (χ3v) is 2.63. The van der Waals surface area contributed by atoms with Crippen LogP contribution < -0.4 is 0 Å². The Morgan fingerprint density at radius 2 is 1.82 bits per heavy atom. The number of benzene rings is 1. The Morgan fingerprint density at radius 1 is 1.00 bits per heavy atom. The van der Waals surface area contributed by atoms with Crippen molar-refractivity contribution in [3.8, 4) is 0 Å². The van der Waals surface area contributed by atoms with Gasteiger partial charge in [0.25, 0.3) is 0 Å². The van der Waals surface area contributed by atoms with Crippen molar-refractivity contribution in [3.05, 3.63) is 58.7 Å². The number of nitrogens with zero attached hydrogens (tertiary/aromatic N) is 2. The fourth-order valence-electron chi connectivity index (χ4n) is 1.75. The van der Waals surface area contributed by atoms with E-state index in [0.29, 0.717) is 0 Å². The molecule has 1 aromatic carbocycles. The summed E-state index contributed by atoms with van der Waals surface area (Å²) in [4.78, 5) is 8.51. The minimum absolute atomic E-state index is 0.893. The van der Waals surface area contributed by atoms with Crippen molar-refractivity contribution >= 4 is 12.2 Å². The van der Waals surface area contributed by atoms with Crippen LogP contribution in [-0.4, -0.2) is 9.97 Å². The predicted octanol–water partition coefficient (Wildman–Crippen LogP) is 3.57. The van der Waals surface area contributed by atoms with Crippen molar-refractivity contribution in [1.29, 1.82) is 0 Å². The zero-order chi connectivity index (χ0) is 12.3. The molecule has 86 valence electrons. The lowest BCUT2D eigenvalue weighted by atomic mass is 10.1. The van der Waals surface area contributed by atoms with Gasteiger partial charge in [-0.15, -0.1) is 0 Å². The van der Waals surface area contributed by atoms with E-state index >= 15 is 0 Å². The van der Waals surface area contributed by atoms with E-state index in [-0.39, 0.29) is 0 Å². The summed E-state index contributed by atoms with van der Waals surface area (Å²) in [7, 11) is 0. The fraction of sp³-hybridized carbons (Fsp3) is 0.200. The summed E-state index contributed by atoms with van der Waals surface area (Å²) < 4.78 is 0. The molecule has 0 aliphatic carbocycles. The van der Waals surface area contributed by atoms with Crippen molar-refractivity contribution < 1.29 is 0 Å². The van der Waals surface area contributed by atoms with E-state index in [4.69, 9.17) is 0 Å². The van der Waals surface area contributed by atoms with Crippen molar-refractivity contribution in [2.75, 3.05) is 0 Å². The molecule has 0 bridgehead atoms. The highest BCUT2D eigenvalue weighted by Gasteiger charge is 1.95. The van der Waals surface area contributed by atoms with E-state index in [9.17, 15) is 0 Å². The molecule has 0 spiro atoms. The van der Waals surface area contributed by atoms with Crippen LogP contribution in [0.15, 0.2) is 30.6 Å². The molecule has 2 aromatic rings. The summed E-state index contributed by atoms with van der Waals surface area (Å²) >= 11 is 0. The molecule has 0 N–H and O–H groups in total. The molecule has 0 radical (unpaired) electrons. The van der Waals surface area contributed by atoms with Gasteiger partial charge in [-0.1, -0.05) is 29.8 Å². The minimum Gasteiger partial charge on any atom is -0.261 e. The highest BCUT2D eigenvalue weighted by molar-refractivity contribution is 5.69. The van der Waals surface area contributed by atoms with Gasteiger partial charge in [0.1, 0.15) is 0 Å². The molecular formula is C15H16N2. The summed E-state index contributed by atoms with van der Waals surface area (Å²) in [6.45, 7) is 6.17. The van der Waals surface area contributed by atoms with E-state index < -0.39 is 0 Å². The molecule has 0 saturated carbocycles. The van der Waals surface area contributed by atoms with Crippen LogP contribution in [0.5, 0.6) is 0 Å². The lowest BCUT2D eigenvalue weighted by molar-refractivity contribution is 1.10. The van der Waals surface area contributed by atoms with Crippen LogP contribution >= 0.6 is 0 Å². The summed E-state index contributed by atoms with van der Waals surface area (Å²) in [6, 6.07) is 6.43. The molecule has 0 amide bonds. The minimum atomic E-state index is 0.893. The van der Waals surface area contributed by atoms with Crippen molar-refractivity contribution in [3.63, 3.8) is 0 Å². The van der Waals surface area contributed by atoms with Crippen LogP contribution in [0, 0.1) is 20.8 Å². The maximum absolute atomic E-state index is 4.39. The van der Waals surface area contributed by atoms with Gasteiger partial charge in [0.15, 0.2) is 0 Å². The summed E-state index contributed by atoms with van der Waals surface area (Å²) in [6.07, 6.45) is 7.61. The lowest BCUT2D eigenvalue weighted by Gasteiger charge is -2.01. The van der Waals surface area contributed by atoms with Gasteiger partial charge in [0.2, 0.25) is 0 Å². The van der Waals surface area contributed by atoms with Gasteiger partial charge in [0, 0.05) is 6.20 Å². The zero-order valence-electron chi connectivity index (χ0n) is 10.4. The Hall–Kier alpha value is -1.96. The molecule has 1 heterocycles. The average molecular weight is 224 g/mol. The van der Waals surface area contributed by atoms with Gasteiger partial charge < -0.3 is 0 Å². The van der Waals surface area contributed by atoms with E-state index in [1.807, 2.05) is 13.0 Å². The predicted molar refractivity (Wildman–Crippen MR) is 71.6 cm³/mol. The maximum Gasteiger partial charge on any atom is 0.0816 e. The molecule has 2 nitrogen and oxygen atoms in total. The largest absolute Gasteiger partial charge is 0.261 e. The Morgan fingerprint density at radius 3 is 2.53 bits per heavy atom. The molecule has 2 rings (SSSR count). The molecule has 0 aliphatic heterocycles. The van der Waals surface area contributed by atoms with Gasteiger partial charge in [-0.2, -0.15) is 0 Å². The molecule has 17 heavy (non-hydrogen) atoms. The number of hydrogen-bond acceptors (Lipinski definition) is 2. The number of rotatable bonds is 2. The first-order chi connectivity index (χ1) is 8.15. The normalized spacial score (nSPS) is 11.0. The Kier molecular flexibility index (Phi) is 3.33. The molecule has 0 saturated heterocycles. The molecule has 0 aliphatic rings. The Labute approximate surface area is 102 Å². The van der Waals surface area contributed by atoms with Gasteiger partial charge >= 0.3 is 0 Å². The number of hydrogen-bond donors (Lipinski definition) is 0. The molecule has 0 atom stereocenters. The third kappa shape index (κ3) is 3.00. The monoisotopic (exact) mass is 224 g/mol. The second-order valence-electron chi connectivity index (χ2n) is 4.28. The molecule has 2 heteroatoms. The lowest BCUT2D eigenvalue weighted by Crippen LogP contribution is -1.87. The standard InChI is InChI=1S/C15H16N2/c1-11-4-5-14(12(2)8-11)6-7-15-10-16-9-13(3)17-15/h4-10H,1-3H3. The van der Waals surface area contributed by atoms with Crippen LogP contribution in [-0.2, 0) is 0 Å². The Bertz CT molecular complexity index is 557. The second kappa shape index (κ2) is 4.91. The van der Waals surface area contributed by atoms with Gasteiger partial charge in [-0.05, 0) is 38.0 Å². The summed E-state index contributed by atoms with van der Waals surface area (Å²) in [5, 5.41) is 0. The number of aryl methyl sites for hydroxylation is 3. The van der Waals surface area contributed by atoms with Crippen molar-refractivity contribution in [2.24, 2.45) is 0 Å². The van der Waals surface area contributed by atoms with Crippen LogP contribution in [0.2, 0.25) is 0 Å². The summed E-state index contributed by atoms with van der Waals surface area (Å²) in [5.41, 5.74) is 5.62. The van der Waals surface area contributed by atoms with Gasteiger partial charge in [0.05, 0.1) is 17.6 Å². The first-order valence-electron chi connectivity index (χ1n) is 5.69. The molecular weight excluding hydrogens is 208 g/mol. The van der Waals surface area contributed by atoms with Gasteiger partial charge in [-0.3, -0.25) is 9.97 Å². The maximum atomic E-state index is 4.39. The molecule has 1 aromatic heterocycles. The Balaban J connectivity index is 2.26. The average Bonchev–Trinajstić information content (AvgIpc) is 2.28. The molecule has 0 unspecified atom stereocenters. The quantitative estimate of drug-likeness (QED) is 0.779. The highest BCUT2D eigenvalue weighted by Crippen LogP contribution is 2.13. The summed E-state index contributed by atoms with van der Waals surface area (Å²) in [5.74, 6) is 0. The van der Waals surface area contributed by atoms with E-state index in [1.54, 1.807) is 12.4 Å². The molecule has 0 fully saturated rings. The van der Waals surface area contributed by atoms with Crippen LogP contribution in [0.25, 0.3) is 12.2 Å². The fourth-order valence-corrected chi connectivity index (χ4v) is 1.75. The van der Waals surface area contributed by atoms with Gasteiger partial charge in [-0.25, -0.2) is 0 Å². The van der Waals surface area contributed by atoms with E-state index in [2.05, 4.69) is 48.1 Å². The zero-order valence-corrected chi connectivity index (χ0v) is 10.4. The highest BCUT2D eigenvalue weighted by atomic mass is 14.8.